The van der Waals surface area contributed by atoms with Gasteiger partial charge in [0.2, 0.25) is 0 Å². The molecule has 1 unspecified atom stereocenters. The van der Waals surface area contributed by atoms with E-state index in [-0.39, 0.29) is 17.4 Å². The second kappa shape index (κ2) is 7.71. The van der Waals surface area contributed by atoms with Crippen molar-refractivity contribution in [3.8, 4) is 17.2 Å². The van der Waals surface area contributed by atoms with E-state index in [4.69, 9.17) is 13.9 Å². The molecule has 1 atom stereocenters. The fraction of sp³-hybridized carbons (Fsp3) is 0.182. The van der Waals surface area contributed by atoms with Crippen LogP contribution in [0.4, 0.5) is 0 Å². The third-order valence-electron chi connectivity index (χ3n) is 4.86. The quantitative estimate of drug-likeness (QED) is 0.710. The maximum atomic E-state index is 13.1. The molecule has 0 bridgehead atoms. The van der Waals surface area contributed by atoms with Gasteiger partial charge < -0.3 is 19.0 Å². The summed E-state index contributed by atoms with van der Waals surface area (Å²) >= 11 is 0. The van der Waals surface area contributed by atoms with Crippen LogP contribution in [-0.4, -0.2) is 36.0 Å². The third kappa shape index (κ3) is 3.42. The molecule has 7 nitrogen and oxygen atoms in total. The molecule has 0 fully saturated rings. The van der Waals surface area contributed by atoms with Crippen molar-refractivity contribution >= 4 is 11.6 Å². The van der Waals surface area contributed by atoms with E-state index in [1.54, 1.807) is 56.7 Å². The number of para-hydroxylation sites is 1. The van der Waals surface area contributed by atoms with Crippen molar-refractivity contribution in [2.45, 2.75) is 12.5 Å². The van der Waals surface area contributed by atoms with Crippen LogP contribution in [0.25, 0.3) is 0 Å². The van der Waals surface area contributed by atoms with Crippen molar-refractivity contribution < 1.29 is 23.8 Å². The normalized spacial score (nSPS) is 15.9. The minimum absolute atomic E-state index is 0.106. The smallest absolute Gasteiger partial charge is 0.310 e. The first-order valence-corrected chi connectivity index (χ1v) is 9.07. The second-order valence-corrected chi connectivity index (χ2v) is 6.52. The van der Waals surface area contributed by atoms with Gasteiger partial charge in [-0.05, 0) is 42.5 Å². The molecule has 7 heteroatoms. The van der Waals surface area contributed by atoms with Crippen molar-refractivity contribution in [2.24, 2.45) is 5.10 Å². The zero-order valence-electron chi connectivity index (χ0n) is 16.0. The van der Waals surface area contributed by atoms with Gasteiger partial charge in [-0.25, -0.2) is 5.01 Å². The number of hydrogen-bond donors (Lipinski definition) is 1. The molecule has 1 aromatic heterocycles. The summed E-state index contributed by atoms with van der Waals surface area (Å²) in [5, 5.41) is 16.2. The van der Waals surface area contributed by atoms with E-state index in [1.165, 1.54) is 11.3 Å². The first kappa shape index (κ1) is 18.6. The summed E-state index contributed by atoms with van der Waals surface area (Å²) < 4.78 is 16.2. The van der Waals surface area contributed by atoms with Crippen LogP contribution in [0.1, 0.15) is 34.1 Å². The van der Waals surface area contributed by atoms with Crippen LogP contribution in [0, 0.1) is 0 Å². The number of benzene rings is 2. The monoisotopic (exact) mass is 392 g/mol. The van der Waals surface area contributed by atoms with E-state index in [9.17, 15) is 9.90 Å². The lowest BCUT2D eigenvalue weighted by atomic mass is 9.97. The summed E-state index contributed by atoms with van der Waals surface area (Å²) in [5.41, 5.74) is 1.92. The van der Waals surface area contributed by atoms with Gasteiger partial charge in [-0.2, -0.15) is 5.10 Å². The number of furan rings is 1. The number of carbonyl (C=O) groups excluding carboxylic acids is 1. The standard InChI is InChI=1S/C22H20N2O5/c1-27-14-9-10-20(28-2)16(12-14)18-13-17(15-6-3-4-7-19(15)25)23-24(18)22(26)21-8-5-11-29-21/h3-12,18,25H,13H2,1-2H3. The average molecular weight is 392 g/mol. The minimum atomic E-state index is -0.452. The highest BCUT2D eigenvalue weighted by Gasteiger charge is 2.37. The summed E-state index contributed by atoms with van der Waals surface area (Å²) in [6, 6.07) is 15.1. The van der Waals surface area contributed by atoms with Gasteiger partial charge in [0.05, 0.1) is 32.2 Å². The van der Waals surface area contributed by atoms with Gasteiger partial charge in [-0.3, -0.25) is 4.79 Å². The van der Waals surface area contributed by atoms with Crippen LogP contribution in [0.2, 0.25) is 0 Å². The highest BCUT2D eigenvalue weighted by molar-refractivity contribution is 6.06. The Balaban J connectivity index is 1.80. The Morgan fingerprint density at radius 3 is 2.66 bits per heavy atom. The number of ether oxygens (including phenoxy) is 2. The van der Waals surface area contributed by atoms with E-state index < -0.39 is 6.04 Å². The predicted molar refractivity (Wildman–Crippen MR) is 106 cm³/mol. The largest absolute Gasteiger partial charge is 0.507 e. The number of hydrogen-bond acceptors (Lipinski definition) is 6. The van der Waals surface area contributed by atoms with E-state index in [1.807, 2.05) is 12.1 Å². The molecule has 0 saturated heterocycles. The summed E-state index contributed by atoms with van der Waals surface area (Å²) in [6.07, 6.45) is 1.84. The molecule has 1 aliphatic rings. The first-order valence-electron chi connectivity index (χ1n) is 9.07. The van der Waals surface area contributed by atoms with E-state index >= 15 is 0 Å². The van der Waals surface area contributed by atoms with Crippen molar-refractivity contribution in [3.05, 3.63) is 77.7 Å². The number of phenols is 1. The molecule has 0 saturated carbocycles. The molecule has 3 aromatic rings. The molecule has 2 heterocycles. The maximum absolute atomic E-state index is 13.1. The Morgan fingerprint density at radius 1 is 1.14 bits per heavy atom. The Bertz CT molecular complexity index is 1060. The number of phenolic OH excluding ortho intramolecular Hbond substituents is 1. The number of amides is 1. The number of hydrazone groups is 1. The van der Waals surface area contributed by atoms with Crippen molar-refractivity contribution in [1.82, 2.24) is 5.01 Å². The number of rotatable bonds is 5. The Morgan fingerprint density at radius 2 is 1.97 bits per heavy atom. The molecule has 4 rings (SSSR count). The zero-order chi connectivity index (χ0) is 20.4. The maximum Gasteiger partial charge on any atom is 0.310 e. The summed E-state index contributed by atoms with van der Waals surface area (Å²) in [7, 11) is 3.15. The van der Waals surface area contributed by atoms with Crippen molar-refractivity contribution in [3.63, 3.8) is 0 Å². The van der Waals surface area contributed by atoms with Crippen LogP contribution in [0.3, 0.4) is 0 Å². The Kier molecular flexibility index (Phi) is 4.95. The van der Waals surface area contributed by atoms with Gasteiger partial charge in [0, 0.05) is 17.5 Å². The molecule has 0 radical (unpaired) electrons. The summed E-state index contributed by atoms with van der Waals surface area (Å²) in [5.74, 6) is 1.16. The van der Waals surface area contributed by atoms with Gasteiger partial charge in [0.1, 0.15) is 17.2 Å². The predicted octanol–water partition coefficient (Wildman–Crippen LogP) is 3.99. The Labute approximate surface area is 167 Å². The van der Waals surface area contributed by atoms with Crippen LogP contribution < -0.4 is 9.47 Å². The van der Waals surface area contributed by atoms with Gasteiger partial charge >= 0.3 is 5.91 Å². The van der Waals surface area contributed by atoms with E-state index in [2.05, 4.69) is 5.10 Å². The van der Waals surface area contributed by atoms with Gasteiger partial charge in [0.15, 0.2) is 5.76 Å². The molecular weight excluding hydrogens is 372 g/mol. The SMILES string of the molecule is COc1ccc(OC)c(C2CC(c3ccccc3O)=NN2C(=O)c2ccco2)c1. The van der Waals surface area contributed by atoms with E-state index in [0.717, 1.165) is 5.56 Å². The number of carbonyl (C=O) groups is 1. The topological polar surface area (TPSA) is 84.5 Å². The molecule has 0 spiro atoms. The molecular formula is C22H20N2O5. The highest BCUT2D eigenvalue weighted by atomic mass is 16.5. The van der Waals surface area contributed by atoms with Crippen LogP contribution in [0.5, 0.6) is 17.2 Å². The minimum Gasteiger partial charge on any atom is -0.507 e. The number of methoxy groups -OCH3 is 2. The molecule has 1 amide bonds. The number of aromatic hydroxyl groups is 1. The fourth-order valence-corrected chi connectivity index (χ4v) is 3.43. The molecule has 1 N–H and O–H groups in total. The zero-order valence-corrected chi connectivity index (χ0v) is 16.0. The molecule has 1 aliphatic heterocycles. The molecule has 148 valence electrons. The molecule has 2 aromatic carbocycles. The Hall–Kier alpha value is -3.74. The van der Waals surface area contributed by atoms with Gasteiger partial charge in [-0.15, -0.1) is 0 Å². The lowest BCUT2D eigenvalue weighted by molar-refractivity contribution is 0.0676. The number of nitrogens with zero attached hydrogens (tertiary/aromatic N) is 2. The first-order chi connectivity index (χ1) is 14.1. The van der Waals surface area contributed by atoms with Gasteiger partial charge in [0.25, 0.3) is 0 Å². The van der Waals surface area contributed by atoms with E-state index in [0.29, 0.717) is 29.2 Å². The van der Waals surface area contributed by atoms with Crippen LogP contribution in [-0.2, 0) is 0 Å². The molecule has 29 heavy (non-hydrogen) atoms. The lowest BCUT2D eigenvalue weighted by Crippen LogP contribution is -2.27. The van der Waals surface area contributed by atoms with Gasteiger partial charge in [-0.1, -0.05) is 12.1 Å². The van der Waals surface area contributed by atoms with Crippen molar-refractivity contribution in [1.29, 1.82) is 0 Å². The lowest BCUT2D eigenvalue weighted by Gasteiger charge is -2.23. The summed E-state index contributed by atoms with van der Waals surface area (Å²) in [4.78, 5) is 13.1. The summed E-state index contributed by atoms with van der Waals surface area (Å²) in [6.45, 7) is 0. The van der Waals surface area contributed by atoms with Crippen molar-refractivity contribution in [2.75, 3.05) is 14.2 Å². The average Bonchev–Trinajstić information content (AvgIpc) is 3.43. The fourth-order valence-electron chi connectivity index (χ4n) is 3.43. The van der Waals surface area contributed by atoms with Crippen LogP contribution in [0.15, 0.2) is 70.4 Å². The van der Waals surface area contributed by atoms with Crippen LogP contribution >= 0.6 is 0 Å². The third-order valence-corrected chi connectivity index (χ3v) is 4.86. The second-order valence-electron chi connectivity index (χ2n) is 6.52. The molecule has 0 aliphatic carbocycles. The highest BCUT2D eigenvalue weighted by Crippen LogP contribution is 2.40.